The molecule has 0 bridgehead atoms. The molecule has 22 heavy (non-hydrogen) atoms. The van der Waals surface area contributed by atoms with Gasteiger partial charge in [-0.3, -0.25) is 4.79 Å². The Kier molecular flexibility index (Phi) is 4.64. The number of aromatic nitrogens is 1. The Morgan fingerprint density at radius 2 is 2.00 bits per heavy atom. The molecule has 6 heteroatoms. The van der Waals surface area contributed by atoms with Crippen LogP contribution in [0.5, 0.6) is 0 Å². The Hall–Kier alpha value is -1.59. The van der Waals surface area contributed by atoms with Gasteiger partial charge in [-0.2, -0.15) is 0 Å². The zero-order chi connectivity index (χ0) is 15.5. The van der Waals surface area contributed by atoms with Crippen LogP contribution in [-0.4, -0.2) is 42.0 Å². The van der Waals surface area contributed by atoms with Crippen LogP contribution in [0.2, 0.25) is 5.02 Å². The van der Waals surface area contributed by atoms with Crippen LogP contribution in [0.3, 0.4) is 0 Å². The molecule has 0 saturated carbocycles. The second-order valence-corrected chi connectivity index (χ2v) is 6.65. The molecule has 1 aliphatic heterocycles. The van der Waals surface area contributed by atoms with E-state index in [0.717, 1.165) is 42.6 Å². The minimum Gasteiger partial charge on any atom is -0.345 e. The van der Waals surface area contributed by atoms with Crippen LogP contribution in [0.4, 0.5) is 5.13 Å². The van der Waals surface area contributed by atoms with Gasteiger partial charge in [-0.05, 0) is 18.6 Å². The first-order valence-corrected chi connectivity index (χ1v) is 8.57. The number of carbonyl (C=O) groups is 1. The molecule has 1 fully saturated rings. The van der Waals surface area contributed by atoms with Crippen molar-refractivity contribution in [3.8, 4) is 0 Å². The van der Waals surface area contributed by atoms with E-state index < -0.39 is 0 Å². The number of carbonyl (C=O) groups excluding carboxylic acids is 1. The third-order valence-electron chi connectivity index (χ3n) is 3.81. The van der Waals surface area contributed by atoms with Gasteiger partial charge in [0.05, 0.1) is 12.1 Å². The van der Waals surface area contributed by atoms with Crippen LogP contribution in [0.25, 0.3) is 0 Å². The first-order chi connectivity index (χ1) is 10.6. The molecule has 1 aromatic carbocycles. The quantitative estimate of drug-likeness (QED) is 0.865. The largest absolute Gasteiger partial charge is 0.345 e. The van der Waals surface area contributed by atoms with E-state index in [2.05, 4.69) is 15.3 Å². The maximum atomic E-state index is 12.4. The summed E-state index contributed by atoms with van der Waals surface area (Å²) in [5, 5.41) is 3.77. The van der Waals surface area contributed by atoms with E-state index in [0.29, 0.717) is 11.4 Å². The van der Waals surface area contributed by atoms with Crippen LogP contribution in [0.15, 0.2) is 29.6 Å². The van der Waals surface area contributed by atoms with Crippen LogP contribution >= 0.6 is 22.9 Å². The lowest BCUT2D eigenvalue weighted by Crippen LogP contribution is -2.49. The van der Waals surface area contributed by atoms with Gasteiger partial charge in [0.15, 0.2) is 5.13 Å². The Bertz CT molecular complexity index is 665. The van der Waals surface area contributed by atoms with Gasteiger partial charge in [0.2, 0.25) is 5.91 Å². The van der Waals surface area contributed by atoms with E-state index >= 15 is 0 Å². The normalized spacial score (nSPS) is 15.2. The number of piperazine rings is 1. The molecule has 3 rings (SSSR count). The summed E-state index contributed by atoms with van der Waals surface area (Å²) < 4.78 is 0. The Balaban J connectivity index is 1.57. The van der Waals surface area contributed by atoms with E-state index in [1.54, 1.807) is 11.3 Å². The van der Waals surface area contributed by atoms with Crippen molar-refractivity contribution in [2.75, 3.05) is 31.1 Å². The van der Waals surface area contributed by atoms with Gasteiger partial charge in [-0.1, -0.05) is 29.8 Å². The lowest BCUT2D eigenvalue weighted by Gasteiger charge is -2.34. The van der Waals surface area contributed by atoms with Crippen LogP contribution in [0.1, 0.15) is 11.3 Å². The number of halogens is 1. The lowest BCUT2D eigenvalue weighted by molar-refractivity contribution is -0.130. The molecule has 2 heterocycles. The Morgan fingerprint density at radius 1 is 1.27 bits per heavy atom. The van der Waals surface area contributed by atoms with Crippen LogP contribution in [0, 0.1) is 6.92 Å². The maximum absolute atomic E-state index is 12.4. The fourth-order valence-corrected chi connectivity index (χ4v) is 3.61. The third-order valence-corrected chi connectivity index (χ3v) is 5.20. The number of anilines is 1. The van der Waals surface area contributed by atoms with E-state index in [4.69, 9.17) is 11.6 Å². The summed E-state index contributed by atoms with van der Waals surface area (Å²) in [6.07, 6.45) is 0.371. The van der Waals surface area contributed by atoms with E-state index in [1.807, 2.05) is 36.1 Å². The fraction of sp³-hybridized carbons (Fsp3) is 0.375. The number of thiazole rings is 1. The van der Waals surface area contributed by atoms with Crippen molar-refractivity contribution >= 4 is 34.0 Å². The summed E-state index contributed by atoms with van der Waals surface area (Å²) in [6, 6.07) is 7.53. The van der Waals surface area contributed by atoms with Crippen molar-refractivity contribution in [3.63, 3.8) is 0 Å². The van der Waals surface area contributed by atoms with E-state index in [-0.39, 0.29) is 5.91 Å². The second-order valence-electron chi connectivity index (χ2n) is 5.41. The van der Waals surface area contributed by atoms with Gasteiger partial charge >= 0.3 is 0 Å². The van der Waals surface area contributed by atoms with Gasteiger partial charge in [0.1, 0.15) is 0 Å². The average molecular weight is 336 g/mol. The molecule has 0 radical (unpaired) electrons. The zero-order valence-corrected chi connectivity index (χ0v) is 14.0. The standard InChI is InChI=1S/C16H18ClN3OS/c1-12-11-22-16(18-12)20-8-6-19(7-9-20)15(21)10-13-4-2-3-5-14(13)17/h2-5,11H,6-10H2,1H3. The highest BCUT2D eigenvalue weighted by atomic mass is 35.5. The van der Waals surface area contributed by atoms with Gasteiger partial charge in [0.25, 0.3) is 0 Å². The minimum absolute atomic E-state index is 0.142. The Morgan fingerprint density at radius 3 is 2.64 bits per heavy atom. The number of aryl methyl sites for hydroxylation is 1. The van der Waals surface area contributed by atoms with E-state index in [9.17, 15) is 4.79 Å². The number of amides is 1. The summed E-state index contributed by atoms with van der Waals surface area (Å²) in [5.41, 5.74) is 1.95. The number of rotatable bonds is 3. The molecule has 0 aliphatic carbocycles. The lowest BCUT2D eigenvalue weighted by atomic mass is 10.1. The molecule has 1 amide bonds. The van der Waals surface area contributed by atoms with Gasteiger partial charge in [-0.25, -0.2) is 4.98 Å². The highest BCUT2D eigenvalue weighted by Gasteiger charge is 2.23. The van der Waals surface area contributed by atoms with Crippen LogP contribution in [-0.2, 0) is 11.2 Å². The Labute approximate surface area is 139 Å². The monoisotopic (exact) mass is 335 g/mol. The van der Waals surface area contributed by atoms with Crippen molar-refractivity contribution in [2.24, 2.45) is 0 Å². The third kappa shape index (κ3) is 3.42. The summed E-state index contributed by atoms with van der Waals surface area (Å²) in [4.78, 5) is 21.1. The first-order valence-electron chi connectivity index (χ1n) is 7.32. The average Bonchev–Trinajstić information content (AvgIpc) is 2.96. The topological polar surface area (TPSA) is 36.4 Å². The van der Waals surface area contributed by atoms with Crippen molar-refractivity contribution in [1.29, 1.82) is 0 Å². The molecule has 0 N–H and O–H groups in total. The predicted molar refractivity (Wildman–Crippen MR) is 90.8 cm³/mol. The molecule has 1 saturated heterocycles. The van der Waals surface area contributed by atoms with Crippen molar-refractivity contribution < 1.29 is 4.79 Å². The molecule has 1 aromatic heterocycles. The van der Waals surface area contributed by atoms with E-state index in [1.165, 1.54) is 0 Å². The van der Waals surface area contributed by atoms with Gasteiger partial charge < -0.3 is 9.80 Å². The van der Waals surface area contributed by atoms with Crippen molar-refractivity contribution in [1.82, 2.24) is 9.88 Å². The highest BCUT2D eigenvalue weighted by Crippen LogP contribution is 2.22. The zero-order valence-electron chi connectivity index (χ0n) is 12.5. The van der Waals surface area contributed by atoms with Crippen molar-refractivity contribution in [3.05, 3.63) is 45.9 Å². The van der Waals surface area contributed by atoms with Crippen LogP contribution < -0.4 is 4.90 Å². The number of benzene rings is 1. The highest BCUT2D eigenvalue weighted by molar-refractivity contribution is 7.13. The minimum atomic E-state index is 0.142. The number of nitrogens with zero attached hydrogens (tertiary/aromatic N) is 3. The van der Waals surface area contributed by atoms with Gasteiger partial charge in [-0.15, -0.1) is 11.3 Å². The summed E-state index contributed by atoms with van der Waals surface area (Å²) in [7, 11) is 0. The van der Waals surface area contributed by atoms with Gasteiger partial charge in [0, 0.05) is 36.6 Å². The molecule has 116 valence electrons. The van der Waals surface area contributed by atoms with Crippen molar-refractivity contribution in [2.45, 2.75) is 13.3 Å². The molecule has 1 aliphatic rings. The first kappa shape index (κ1) is 15.3. The molecule has 0 atom stereocenters. The SMILES string of the molecule is Cc1csc(N2CCN(C(=O)Cc3ccccc3Cl)CC2)n1. The summed E-state index contributed by atoms with van der Waals surface area (Å²) in [6.45, 7) is 5.15. The molecule has 2 aromatic rings. The summed E-state index contributed by atoms with van der Waals surface area (Å²) in [5.74, 6) is 0.142. The molecule has 0 unspecified atom stereocenters. The number of hydrogen-bond acceptors (Lipinski definition) is 4. The number of hydrogen-bond donors (Lipinski definition) is 0. The molecular weight excluding hydrogens is 318 g/mol. The second kappa shape index (κ2) is 6.67. The molecule has 0 spiro atoms. The molecule has 4 nitrogen and oxygen atoms in total. The smallest absolute Gasteiger partial charge is 0.227 e. The molecular formula is C16H18ClN3OS. The predicted octanol–water partition coefficient (Wildman–Crippen LogP) is 3.00. The fourth-order valence-electron chi connectivity index (χ4n) is 2.55. The maximum Gasteiger partial charge on any atom is 0.227 e. The summed E-state index contributed by atoms with van der Waals surface area (Å²) >= 11 is 7.79.